The van der Waals surface area contributed by atoms with E-state index in [9.17, 15) is 8.42 Å². The highest BCUT2D eigenvalue weighted by atomic mass is 32.2. The van der Waals surface area contributed by atoms with Gasteiger partial charge in [0.05, 0.1) is 4.90 Å². The number of hydrogen-bond acceptors (Lipinski definition) is 3. The minimum Gasteiger partial charge on any atom is -0.388 e. The SMILES string of the molecule is CNc1cc(C(C)(C)C)cc(S(C)(=O)=O)c1. The fourth-order valence-electron chi connectivity index (χ4n) is 1.39. The van der Waals surface area contributed by atoms with E-state index in [2.05, 4.69) is 26.1 Å². The third-order valence-corrected chi connectivity index (χ3v) is 3.58. The van der Waals surface area contributed by atoms with Gasteiger partial charge in [0.1, 0.15) is 0 Å². The molecule has 0 atom stereocenters. The minimum atomic E-state index is -3.16. The minimum absolute atomic E-state index is 0.0632. The standard InChI is InChI=1S/C12H19NO2S/c1-12(2,3)9-6-10(13-4)8-11(7-9)16(5,14)15/h6-8,13H,1-5H3. The summed E-state index contributed by atoms with van der Waals surface area (Å²) in [6.07, 6.45) is 1.23. The van der Waals surface area contributed by atoms with Gasteiger partial charge in [-0.3, -0.25) is 0 Å². The first kappa shape index (κ1) is 13.0. The van der Waals surface area contributed by atoms with E-state index in [1.165, 1.54) is 6.26 Å². The van der Waals surface area contributed by atoms with Gasteiger partial charge in [-0.25, -0.2) is 8.42 Å². The molecule has 0 spiro atoms. The number of nitrogens with one attached hydrogen (secondary N) is 1. The van der Waals surface area contributed by atoms with Crippen LogP contribution < -0.4 is 5.32 Å². The van der Waals surface area contributed by atoms with Crippen LogP contribution in [-0.4, -0.2) is 21.7 Å². The smallest absolute Gasteiger partial charge is 0.175 e. The Morgan fingerprint density at radius 3 is 2.06 bits per heavy atom. The first-order valence-corrected chi connectivity index (χ1v) is 7.07. The van der Waals surface area contributed by atoms with Gasteiger partial charge in [0.15, 0.2) is 9.84 Å². The first-order chi connectivity index (χ1) is 7.14. The van der Waals surface area contributed by atoms with Crippen LogP contribution in [0.1, 0.15) is 26.3 Å². The number of sulfone groups is 1. The van der Waals surface area contributed by atoms with Gasteiger partial charge in [-0.1, -0.05) is 20.8 Å². The van der Waals surface area contributed by atoms with Crippen LogP contribution in [0.15, 0.2) is 23.1 Å². The van der Waals surface area contributed by atoms with Crippen LogP contribution >= 0.6 is 0 Å². The molecule has 0 unspecified atom stereocenters. The molecule has 0 aliphatic rings. The van der Waals surface area contributed by atoms with Crippen molar-refractivity contribution < 1.29 is 8.42 Å². The molecule has 1 aromatic carbocycles. The molecule has 1 aromatic rings. The Bertz CT molecular complexity index is 484. The van der Waals surface area contributed by atoms with Crippen LogP contribution in [0.25, 0.3) is 0 Å². The van der Waals surface area contributed by atoms with Gasteiger partial charge in [0.25, 0.3) is 0 Å². The Labute approximate surface area is 97.8 Å². The van der Waals surface area contributed by atoms with Crippen molar-refractivity contribution in [2.45, 2.75) is 31.1 Å². The molecule has 1 rings (SSSR count). The van der Waals surface area contributed by atoms with E-state index in [0.717, 1.165) is 11.3 Å². The Morgan fingerprint density at radius 1 is 1.12 bits per heavy atom. The number of anilines is 1. The van der Waals surface area contributed by atoms with Crippen molar-refractivity contribution in [2.24, 2.45) is 0 Å². The Kier molecular flexibility index (Phi) is 3.33. The molecule has 0 amide bonds. The van der Waals surface area contributed by atoms with Crippen LogP contribution in [0.5, 0.6) is 0 Å². The highest BCUT2D eigenvalue weighted by molar-refractivity contribution is 7.90. The van der Waals surface area contributed by atoms with Crippen molar-refractivity contribution in [3.63, 3.8) is 0 Å². The molecule has 90 valence electrons. The monoisotopic (exact) mass is 241 g/mol. The number of hydrogen-bond donors (Lipinski definition) is 1. The van der Waals surface area contributed by atoms with E-state index in [0.29, 0.717) is 4.90 Å². The van der Waals surface area contributed by atoms with E-state index in [-0.39, 0.29) is 5.41 Å². The lowest BCUT2D eigenvalue weighted by Gasteiger charge is -2.21. The van der Waals surface area contributed by atoms with Crippen molar-refractivity contribution >= 4 is 15.5 Å². The van der Waals surface area contributed by atoms with Crippen molar-refractivity contribution in [3.8, 4) is 0 Å². The molecule has 0 heterocycles. The van der Waals surface area contributed by atoms with Gasteiger partial charge < -0.3 is 5.32 Å². The highest BCUT2D eigenvalue weighted by Crippen LogP contribution is 2.28. The fraction of sp³-hybridized carbons (Fsp3) is 0.500. The van der Waals surface area contributed by atoms with Crippen molar-refractivity contribution in [1.29, 1.82) is 0 Å². The van der Waals surface area contributed by atoms with E-state index >= 15 is 0 Å². The molecule has 16 heavy (non-hydrogen) atoms. The van der Waals surface area contributed by atoms with Gasteiger partial charge in [0.2, 0.25) is 0 Å². The molecule has 0 aliphatic heterocycles. The van der Waals surface area contributed by atoms with Gasteiger partial charge in [-0.2, -0.15) is 0 Å². The highest BCUT2D eigenvalue weighted by Gasteiger charge is 2.18. The maximum absolute atomic E-state index is 11.6. The summed E-state index contributed by atoms with van der Waals surface area (Å²) < 4.78 is 23.1. The second-order valence-corrected chi connectivity index (χ2v) is 7.03. The lowest BCUT2D eigenvalue weighted by Crippen LogP contribution is -2.13. The van der Waals surface area contributed by atoms with Gasteiger partial charge >= 0.3 is 0 Å². The third-order valence-electron chi connectivity index (χ3n) is 2.49. The van der Waals surface area contributed by atoms with Gasteiger partial charge in [0, 0.05) is 19.0 Å². The van der Waals surface area contributed by atoms with Crippen LogP contribution in [0.4, 0.5) is 5.69 Å². The summed E-state index contributed by atoms with van der Waals surface area (Å²) in [5, 5.41) is 2.99. The van der Waals surface area contributed by atoms with Crippen LogP contribution in [-0.2, 0) is 15.3 Å². The molecular weight excluding hydrogens is 222 g/mol. The third kappa shape index (κ3) is 2.98. The predicted octanol–water partition coefficient (Wildman–Crippen LogP) is 2.43. The zero-order valence-electron chi connectivity index (χ0n) is 10.5. The quantitative estimate of drug-likeness (QED) is 0.865. The average Bonchev–Trinajstić information content (AvgIpc) is 2.14. The van der Waals surface area contributed by atoms with Crippen molar-refractivity contribution in [1.82, 2.24) is 0 Å². The number of rotatable bonds is 2. The summed E-state index contributed by atoms with van der Waals surface area (Å²) in [5.74, 6) is 0. The lowest BCUT2D eigenvalue weighted by atomic mass is 9.87. The zero-order chi connectivity index (χ0) is 12.6. The maximum Gasteiger partial charge on any atom is 0.175 e. The maximum atomic E-state index is 11.6. The van der Waals surface area contributed by atoms with E-state index < -0.39 is 9.84 Å². The molecule has 0 aromatic heterocycles. The second-order valence-electron chi connectivity index (χ2n) is 5.02. The van der Waals surface area contributed by atoms with Crippen LogP contribution in [0, 0.1) is 0 Å². The summed E-state index contributed by atoms with van der Waals surface area (Å²) in [4.78, 5) is 0.365. The molecule has 0 fully saturated rings. The van der Waals surface area contributed by atoms with Gasteiger partial charge in [-0.05, 0) is 29.2 Å². The summed E-state index contributed by atoms with van der Waals surface area (Å²) in [6, 6.07) is 5.38. The summed E-state index contributed by atoms with van der Waals surface area (Å²) in [7, 11) is -1.37. The molecule has 3 nitrogen and oxygen atoms in total. The van der Waals surface area contributed by atoms with Crippen LogP contribution in [0.3, 0.4) is 0 Å². The van der Waals surface area contributed by atoms with E-state index in [1.807, 2.05) is 6.07 Å². The molecule has 0 saturated heterocycles. The summed E-state index contributed by atoms with van der Waals surface area (Å²) >= 11 is 0. The van der Waals surface area contributed by atoms with E-state index in [4.69, 9.17) is 0 Å². The predicted molar refractivity (Wildman–Crippen MR) is 67.8 cm³/mol. The fourth-order valence-corrected chi connectivity index (χ4v) is 2.07. The lowest BCUT2D eigenvalue weighted by molar-refractivity contribution is 0.585. The Morgan fingerprint density at radius 2 is 1.69 bits per heavy atom. The molecular formula is C12H19NO2S. The topological polar surface area (TPSA) is 46.2 Å². The van der Waals surface area contributed by atoms with E-state index in [1.54, 1.807) is 19.2 Å². The molecule has 4 heteroatoms. The van der Waals surface area contributed by atoms with Crippen LogP contribution in [0.2, 0.25) is 0 Å². The Hall–Kier alpha value is -1.03. The number of benzene rings is 1. The molecule has 0 radical (unpaired) electrons. The van der Waals surface area contributed by atoms with Crippen molar-refractivity contribution in [2.75, 3.05) is 18.6 Å². The van der Waals surface area contributed by atoms with Crippen molar-refractivity contribution in [3.05, 3.63) is 23.8 Å². The Balaban J connectivity index is 3.45. The summed E-state index contributed by atoms with van der Waals surface area (Å²) in [6.45, 7) is 6.19. The average molecular weight is 241 g/mol. The zero-order valence-corrected chi connectivity index (χ0v) is 11.3. The molecule has 1 N–H and O–H groups in total. The normalized spacial score (nSPS) is 12.6. The molecule has 0 saturated carbocycles. The summed E-state index contributed by atoms with van der Waals surface area (Å²) in [5.41, 5.74) is 1.78. The second kappa shape index (κ2) is 4.09. The molecule has 0 bridgehead atoms. The largest absolute Gasteiger partial charge is 0.388 e. The first-order valence-electron chi connectivity index (χ1n) is 5.18. The van der Waals surface area contributed by atoms with Gasteiger partial charge in [-0.15, -0.1) is 0 Å². The molecule has 0 aliphatic carbocycles.